The summed E-state index contributed by atoms with van der Waals surface area (Å²) in [5.41, 5.74) is 0. The van der Waals surface area contributed by atoms with Crippen molar-refractivity contribution in [2.24, 2.45) is 0 Å². The molecule has 2 aromatic heterocycles. The number of rotatable bonds is 6. The fourth-order valence-corrected chi connectivity index (χ4v) is 2.99. The van der Waals surface area contributed by atoms with Crippen LogP contribution in [0.1, 0.15) is 6.42 Å². The van der Waals surface area contributed by atoms with Gasteiger partial charge in [-0.1, -0.05) is 11.6 Å². The number of aromatic nitrogens is 4. The first-order chi connectivity index (χ1) is 11.7. The zero-order chi connectivity index (χ0) is 16.9. The summed E-state index contributed by atoms with van der Waals surface area (Å²) in [7, 11) is 1.70. The van der Waals surface area contributed by atoms with Crippen LogP contribution < -0.4 is 10.2 Å². The van der Waals surface area contributed by atoms with Crippen LogP contribution in [0.2, 0.25) is 5.02 Å². The molecule has 1 amide bonds. The number of amides is 1. The number of halogens is 1. The normalized spacial score (nSPS) is 20.3. The third-order valence-electron chi connectivity index (χ3n) is 4.01. The minimum absolute atomic E-state index is 0.113. The number of nitrogens with zero attached hydrogens (tertiary/aromatic N) is 5. The summed E-state index contributed by atoms with van der Waals surface area (Å²) in [5, 5.41) is 7.45. The summed E-state index contributed by atoms with van der Waals surface area (Å²) in [6.07, 6.45) is 7.30. The molecule has 3 rings (SSSR count). The van der Waals surface area contributed by atoms with Crippen molar-refractivity contribution in [1.29, 1.82) is 0 Å². The van der Waals surface area contributed by atoms with Crippen molar-refractivity contribution in [2.45, 2.75) is 25.1 Å². The lowest BCUT2D eigenvalue weighted by Crippen LogP contribution is -2.41. The lowest BCUT2D eigenvalue weighted by molar-refractivity contribution is -0.121. The van der Waals surface area contributed by atoms with E-state index in [0.29, 0.717) is 11.6 Å². The molecule has 3 heterocycles. The van der Waals surface area contributed by atoms with Crippen molar-refractivity contribution in [3.05, 3.63) is 36.0 Å². The summed E-state index contributed by atoms with van der Waals surface area (Å²) in [6, 6.07) is 1.98. The van der Waals surface area contributed by atoms with E-state index < -0.39 is 0 Å². The summed E-state index contributed by atoms with van der Waals surface area (Å²) < 4.78 is 6.98. The van der Waals surface area contributed by atoms with Gasteiger partial charge in [-0.25, -0.2) is 9.97 Å². The number of carbonyl (C=O) groups excluding carboxylic acids is 1. The Morgan fingerprint density at radius 2 is 2.42 bits per heavy atom. The number of nitrogens with one attached hydrogen (secondary N) is 1. The smallest absolute Gasteiger partial charge is 0.241 e. The van der Waals surface area contributed by atoms with Gasteiger partial charge in [0, 0.05) is 32.6 Å². The van der Waals surface area contributed by atoms with Gasteiger partial charge in [0.1, 0.15) is 18.7 Å². The Hall–Kier alpha value is -2.19. The van der Waals surface area contributed by atoms with Gasteiger partial charge in [-0.05, 0) is 12.5 Å². The third-order valence-corrected chi connectivity index (χ3v) is 4.21. The van der Waals surface area contributed by atoms with E-state index in [9.17, 15) is 4.79 Å². The average Bonchev–Trinajstić information content (AvgIpc) is 3.19. The van der Waals surface area contributed by atoms with Crippen molar-refractivity contribution in [2.75, 3.05) is 25.1 Å². The summed E-state index contributed by atoms with van der Waals surface area (Å²) in [5.74, 6) is 0.723. The summed E-state index contributed by atoms with van der Waals surface area (Å²) in [6.45, 7) is 1.39. The third kappa shape index (κ3) is 4.01. The molecule has 128 valence electrons. The molecule has 2 aromatic rings. The second-order valence-electron chi connectivity index (χ2n) is 5.63. The van der Waals surface area contributed by atoms with Crippen LogP contribution in [-0.2, 0) is 16.1 Å². The number of hydrogen-bond acceptors (Lipinski definition) is 6. The second-order valence-corrected chi connectivity index (χ2v) is 6.06. The van der Waals surface area contributed by atoms with Gasteiger partial charge in [-0.3, -0.25) is 9.48 Å². The Kier molecular flexibility index (Phi) is 5.27. The first-order valence-electron chi connectivity index (χ1n) is 7.66. The van der Waals surface area contributed by atoms with E-state index in [1.54, 1.807) is 19.5 Å². The van der Waals surface area contributed by atoms with E-state index >= 15 is 0 Å². The van der Waals surface area contributed by atoms with Gasteiger partial charge in [-0.15, -0.1) is 0 Å². The van der Waals surface area contributed by atoms with Crippen LogP contribution in [0, 0.1) is 0 Å². The van der Waals surface area contributed by atoms with Crippen molar-refractivity contribution >= 4 is 23.3 Å². The van der Waals surface area contributed by atoms with Crippen LogP contribution in [0.25, 0.3) is 0 Å². The van der Waals surface area contributed by atoms with Gasteiger partial charge in [0.2, 0.25) is 5.91 Å². The summed E-state index contributed by atoms with van der Waals surface area (Å²) in [4.78, 5) is 22.5. The van der Waals surface area contributed by atoms with Crippen molar-refractivity contribution in [3.63, 3.8) is 0 Å². The monoisotopic (exact) mass is 350 g/mol. The number of hydrogen-bond donors (Lipinski definition) is 1. The van der Waals surface area contributed by atoms with Crippen LogP contribution in [0.3, 0.4) is 0 Å². The van der Waals surface area contributed by atoms with Gasteiger partial charge in [0.25, 0.3) is 0 Å². The van der Waals surface area contributed by atoms with E-state index in [-0.39, 0.29) is 24.6 Å². The fourth-order valence-electron chi connectivity index (χ4n) is 2.83. The molecule has 0 spiro atoms. The van der Waals surface area contributed by atoms with E-state index in [2.05, 4.69) is 25.3 Å². The zero-order valence-corrected chi connectivity index (χ0v) is 14.1. The molecule has 0 unspecified atom stereocenters. The van der Waals surface area contributed by atoms with Crippen molar-refractivity contribution < 1.29 is 9.53 Å². The predicted octanol–water partition coefficient (Wildman–Crippen LogP) is 0.737. The number of anilines is 1. The number of ether oxygens (including phenoxy) is 1. The molecule has 1 saturated heterocycles. The van der Waals surface area contributed by atoms with Crippen LogP contribution in [0.15, 0.2) is 31.0 Å². The molecule has 1 fully saturated rings. The van der Waals surface area contributed by atoms with E-state index in [0.717, 1.165) is 18.8 Å². The molecule has 1 aliphatic heterocycles. The largest absolute Gasteiger partial charge is 0.380 e. The van der Waals surface area contributed by atoms with E-state index in [4.69, 9.17) is 16.3 Å². The maximum absolute atomic E-state index is 12.1. The molecule has 24 heavy (non-hydrogen) atoms. The van der Waals surface area contributed by atoms with E-state index in [1.165, 1.54) is 17.2 Å². The Morgan fingerprint density at radius 3 is 3.08 bits per heavy atom. The van der Waals surface area contributed by atoms with Crippen molar-refractivity contribution in [1.82, 2.24) is 25.1 Å². The van der Waals surface area contributed by atoms with Crippen LogP contribution in [-0.4, -0.2) is 58.0 Å². The maximum atomic E-state index is 12.1. The first kappa shape index (κ1) is 16.7. The Balaban J connectivity index is 1.58. The predicted molar refractivity (Wildman–Crippen MR) is 88.8 cm³/mol. The Bertz CT molecular complexity index is 680. The second kappa shape index (κ2) is 7.59. The number of carbonyl (C=O) groups is 1. The highest BCUT2D eigenvalue weighted by Gasteiger charge is 2.33. The molecular formula is C15H19ClN6O2. The molecular weight excluding hydrogens is 332 g/mol. The minimum Gasteiger partial charge on any atom is -0.380 e. The molecule has 9 heteroatoms. The first-order valence-corrected chi connectivity index (χ1v) is 8.03. The molecule has 1 aliphatic rings. The highest BCUT2D eigenvalue weighted by Crippen LogP contribution is 2.24. The van der Waals surface area contributed by atoms with Gasteiger partial charge >= 0.3 is 0 Å². The minimum atomic E-state index is -0.113. The quantitative estimate of drug-likeness (QED) is 0.827. The Labute approximate surface area is 144 Å². The topological polar surface area (TPSA) is 85.2 Å². The molecule has 0 saturated carbocycles. The lowest BCUT2D eigenvalue weighted by Gasteiger charge is -2.25. The summed E-state index contributed by atoms with van der Waals surface area (Å²) >= 11 is 5.80. The molecule has 0 aliphatic carbocycles. The van der Waals surface area contributed by atoms with Gasteiger partial charge in [0.05, 0.1) is 23.4 Å². The highest BCUT2D eigenvalue weighted by molar-refractivity contribution is 6.30. The van der Waals surface area contributed by atoms with Crippen LogP contribution in [0.4, 0.5) is 5.82 Å². The molecule has 0 aromatic carbocycles. The lowest BCUT2D eigenvalue weighted by atomic mass is 10.2. The average molecular weight is 351 g/mol. The molecule has 0 bridgehead atoms. The van der Waals surface area contributed by atoms with Crippen LogP contribution in [0.5, 0.6) is 0 Å². The molecule has 2 atom stereocenters. The number of methoxy groups -OCH3 is 1. The zero-order valence-electron chi connectivity index (χ0n) is 13.3. The van der Waals surface area contributed by atoms with Crippen molar-refractivity contribution in [3.8, 4) is 0 Å². The molecule has 0 radical (unpaired) electrons. The highest BCUT2D eigenvalue weighted by atomic mass is 35.5. The maximum Gasteiger partial charge on any atom is 0.241 e. The fraction of sp³-hybridized carbons (Fsp3) is 0.467. The standard InChI is InChI=1S/C15H19ClN6O2/c1-24-13-4-12(22(8-13)14-2-3-17-10-19-14)6-18-15(23)9-21-7-11(16)5-20-21/h2-3,5,7,10,12-13H,4,6,8-9H2,1H3,(H,18,23)/t12-,13-/m1/s1. The van der Waals surface area contributed by atoms with E-state index in [1.807, 2.05) is 6.07 Å². The SMILES string of the molecule is CO[C@@H]1C[C@H](CNC(=O)Cn2cc(Cl)cn2)N(c2ccncn2)C1. The van der Waals surface area contributed by atoms with Gasteiger partial charge in [-0.2, -0.15) is 5.10 Å². The molecule has 8 nitrogen and oxygen atoms in total. The van der Waals surface area contributed by atoms with Crippen LogP contribution >= 0.6 is 11.6 Å². The molecule has 1 N–H and O–H groups in total. The Morgan fingerprint density at radius 1 is 1.54 bits per heavy atom. The van der Waals surface area contributed by atoms with Gasteiger partial charge < -0.3 is 15.0 Å². The van der Waals surface area contributed by atoms with Gasteiger partial charge in [0.15, 0.2) is 0 Å².